The van der Waals surface area contributed by atoms with Gasteiger partial charge in [0.1, 0.15) is 0 Å². The minimum atomic E-state index is 0.282. The predicted molar refractivity (Wildman–Crippen MR) is 71.0 cm³/mol. The van der Waals surface area contributed by atoms with Crippen molar-refractivity contribution in [3.05, 3.63) is 36.0 Å². The molecule has 0 unspecified atom stereocenters. The SMILES string of the molecule is CNCc1cccc2c1ccn2CCCCO. The zero-order valence-electron chi connectivity index (χ0n) is 10.3. The first-order valence-electron chi connectivity index (χ1n) is 6.19. The summed E-state index contributed by atoms with van der Waals surface area (Å²) < 4.78 is 2.27. The van der Waals surface area contributed by atoms with Gasteiger partial charge in [-0.25, -0.2) is 0 Å². The van der Waals surface area contributed by atoms with Crippen molar-refractivity contribution < 1.29 is 5.11 Å². The fraction of sp³-hybridized carbons (Fsp3) is 0.429. The van der Waals surface area contributed by atoms with Crippen LogP contribution in [0.5, 0.6) is 0 Å². The fourth-order valence-electron chi connectivity index (χ4n) is 2.22. The van der Waals surface area contributed by atoms with E-state index in [0.29, 0.717) is 0 Å². The molecule has 3 nitrogen and oxygen atoms in total. The van der Waals surface area contributed by atoms with E-state index in [1.54, 1.807) is 0 Å². The van der Waals surface area contributed by atoms with Gasteiger partial charge < -0.3 is 15.0 Å². The lowest BCUT2D eigenvalue weighted by Crippen LogP contribution is -2.05. The zero-order chi connectivity index (χ0) is 12.1. The van der Waals surface area contributed by atoms with Crippen molar-refractivity contribution in [3.63, 3.8) is 0 Å². The molecule has 0 saturated heterocycles. The summed E-state index contributed by atoms with van der Waals surface area (Å²) in [6.07, 6.45) is 4.04. The van der Waals surface area contributed by atoms with Gasteiger partial charge >= 0.3 is 0 Å². The van der Waals surface area contributed by atoms with Crippen LogP contribution in [0.1, 0.15) is 18.4 Å². The molecule has 3 heteroatoms. The number of aliphatic hydroxyl groups is 1. The number of rotatable bonds is 6. The summed E-state index contributed by atoms with van der Waals surface area (Å²) >= 11 is 0. The van der Waals surface area contributed by atoms with E-state index in [0.717, 1.165) is 25.9 Å². The topological polar surface area (TPSA) is 37.2 Å². The Labute approximate surface area is 102 Å². The van der Waals surface area contributed by atoms with Crippen LogP contribution < -0.4 is 5.32 Å². The lowest BCUT2D eigenvalue weighted by atomic mass is 10.1. The Bertz CT molecular complexity index is 476. The molecule has 0 spiro atoms. The second kappa shape index (κ2) is 5.84. The molecule has 17 heavy (non-hydrogen) atoms. The summed E-state index contributed by atoms with van der Waals surface area (Å²) in [7, 11) is 1.97. The number of hydrogen-bond donors (Lipinski definition) is 2. The number of hydrogen-bond acceptors (Lipinski definition) is 2. The highest BCUT2D eigenvalue weighted by Gasteiger charge is 2.04. The first-order valence-corrected chi connectivity index (χ1v) is 6.19. The Balaban J connectivity index is 2.24. The molecular formula is C14H20N2O. The van der Waals surface area contributed by atoms with Crippen LogP contribution in [0.25, 0.3) is 10.9 Å². The molecule has 0 fully saturated rings. The average Bonchev–Trinajstić information content (AvgIpc) is 2.75. The lowest BCUT2D eigenvalue weighted by molar-refractivity contribution is 0.281. The van der Waals surface area contributed by atoms with E-state index in [1.807, 2.05) is 7.05 Å². The Hall–Kier alpha value is -1.32. The number of unbranched alkanes of at least 4 members (excludes halogenated alkanes) is 1. The maximum absolute atomic E-state index is 8.80. The van der Waals surface area contributed by atoms with Crippen molar-refractivity contribution in [1.82, 2.24) is 9.88 Å². The molecule has 0 radical (unpaired) electrons. The van der Waals surface area contributed by atoms with Gasteiger partial charge in [-0.3, -0.25) is 0 Å². The molecule has 2 rings (SSSR count). The van der Waals surface area contributed by atoms with E-state index in [1.165, 1.54) is 16.5 Å². The van der Waals surface area contributed by atoms with Crippen LogP contribution in [0.4, 0.5) is 0 Å². The van der Waals surface area contributed by atoms with Gasteiger partial charge in [-0.05, 0) is 37.6 Å². The third-order valence-electron chi connectivity index (χ3n) is 3.08. The monoisotopic (exact) mass is 232 g/mol. The van der Waals surface area contributed by atoms with E-state index in [4.69, 9.17) is 5.11 Å². The van der Waals surface area contributed by atoms with E-state index in [2.05, 4.69) is 40.3 Å². The van der Waals surface area contributed by atoms with Gasteiger partial charge in [0.25, 0.3) is 0 Å². The first kappa shape index (κ1) is 12.1. The molecule has 0 saturated carbocycles. The van der Waals surface area contributed by atoms with Gasteiger partial charge in [-0.1, -0.05) is 12.1 Å². The summed E-state index contributed by atoms with van der Waals surface area (Å²) in [4.78, 5) is 0. The second-order valence-electron chi connectivity index (χ2n) is 4.32. The fourth-order valence-corrected chi connectivity index (χ4v) is 2.22. The molecule has 1 aromatic carbocycles. The van der Waals surface area contributed by atoms with Crippen molar-refractivity contribution >= 4 is 10.9 Å². The summed E-state index contributed by atoms with van der Waals surface area (Å²) in [5.41, 5.74) is 2.63. The predicted octanol–water partition coefficient (Wildman–Crippen LogP) is 2.13. The molecule has 0 aliphatic heterocycles. The summed E-state index contributed by atoms with van der Waals surface area (Å²) in [5, 5.41) is 13.3. The zero-order valence-corrected chi connectivity index (χ0v) is 10.3. The molecule has 1 aromatic heterocycles. The number of benzene rings is 1. The smallest absolute Gasteiger partial charge is 0.0483 e. The van der Waals surface area contributed by atoms with Crippen LogP contribution in [-0.4, -0.2) is 23.3 Å². The normalized spacial score (nSPS) is 11.2. The highest BCUT2D eigenvalue weighted by atomic mass is 16.2. The Morgan fingerprint density at radius 1 is 1.24 bits per heavy atom. The molecule has 0 atom stereocenters. The third-order valence-corrected chi connectivity index (χ3v) is 3.08. The Morgan fingerprint density at radius 3 is 2.88 bits per heavy atom. The van der Waals surface area contributed by atoms with Crippen molar-refractivity contribution in [2.75, 3.05) is 13.7 Å². The molecule has 2 aromatic rings. The summed E-state index contributed by atoms with van der Waals surface area (Å²) in [6.45, 7) is 2.16. The van der Waals surface area contributed by atoms with Gasteiger partial charge in [-0.15, -0.1) is 0 Å². The largest absolute Gasteiger partial charge is 0.396 e. The minimum Gasteiger partial charge on any atom is -0.396 e. The lowest BCUT2D eigenvalue weighted by Gasteiger charge is -2.06. The molecule has 0 aliphatic rings. The number of aromatic nitrogens is 1. The molecule has 2 N–H and O–H groups in total. The number of aryl methyl sites for hydroxylation is 1. The first-order chi connectivity index (χ1) is 8.36. The van der Waals surface area contributed by atoms with Gasteiger partial charge in [-0.2, -0.15) is 0 Å². The number of aliphatic hydroxyl groups excluding tert-OH is 1. The summed E-state index contributed by atoms with van der Waals surface area (Å²) in [6, 6.07) is 8.61. The highest BCUT2D eigenvalue weighted by Crippen LogP contribution is 2.20. The van der Waals surface area contributed by atoms with Gasteiger partial charge in [0.05, 0.1) is 0 Å². The standard InChI is InChI=1S/C14H20N2O/c1-15-11-12-5-4-6-14-13(12)7-9-16(14)8-2-3-10-17/h4-7,9,15,17H,2-3,8,10-11H2,1H3. The van der Waals surface area contributed by atoms with Crippen LogP contribution in [0.3, 0.4) is 0 Å². The molecule has 0 bridgehead atoms. The van der Waals surface area contributed by atoms with Gasteiger partial charge in [0, 0.05) is 36.8 Å². The van der Waals surface area contributed by atoms with Crippen LogP contribution in [0, 0.1) is 0 Å². The quantitative estimate of drug-likeness (QED) is 0.749. The number of nitrogens with one attached hydrogen (secondary N) is 1. The van der Waals surface area contributed by atoms with Crippen LogP contribution >= 0.6 is 0 Å². The van der Waals surface area contributed by atoms with E-state index < -0.39 is 0 Å². The van der Waals surface area contributed by atoms with Crippen molar-refractivity contribution in [2.24, 2.45) is 0 Å². The van der Waals surface area contributed by atoms with Crippen molar-refractivity contribution in [1.29, 1.82) is 0 Å². The van der Waals surface area contributed by atoms with Crippen LogP contribution in [-0.2, 0) is 13.1 Å². The van der Waals surface area contributed by atoms with Crippen molar-refractivity contribution in [3.8, 4) is 0 Å². The highest BCUT2D eigenvalue weighted by molar-refractivity contribution is 5.83. The van der Waals surface area contributed by atoms with E-state index >= 15 is 0 Å². The third kappa shape index (κ3) is 2.68. The van der Waals surface area contributed by atoms with Gasteiger partial charge in [0.15, 0.2) is 0 Å². The average molecular weight is 232 g/mol. The number of fused-ring (bicyclic) bond motifs is 1. The van der Waals surface area contributed by atoms with E-state index in [9.17, 15) is 0 Å². The maximum Gasteiger partial charge on any atom is 0.0483 e. The Morgan fingerprint density at radius 2 is 2.12 bits per heavy atom. The number of nitrogens with zero attached hydrogens (tertiary/aromatic N) is 1. The second-order valence-corrected chi connectivity index (χ2v) is 4.32. The minimum absolute atomic E-state index is 0.282. The van der Waals surface area contributed by atoms with Crippen molar-refractivity contribution in [2.45, 2.75) is 25.9 Å². The molecule has 0 aliphatic carbocycles. The maximum atomic E-state index is 8.80. The van der Waals surface area contributed by atoms with Crippen LogP contribution in [0.15, 0.2) is 30.5 Å². The molecular weight excluding hydrogens is 212 g/mol. The van der Waals surface area contributed by atoms with E-state index in [-0.39, 0.29) is 6.61 Å². The molecule has 92 valence electrons. The van der Waals surface area contributed by atoms with Gasteiger partial charge in [0.2, 0.25) is 0 Å². The summed E-state index contributed by atoms with van der Waals surface area (Å²) in [5.74, 6) is 0. The molecule has 1 heterocycles. The molecule has 0 amide bonds. The van der Waals surface area contributed by atoms with Crippen LogP contribution in [0.2, 0.25) is 0 Å². The Kier molecular flexibility index (Phi) is 4.18.